The van der Waals surface area contributed by atoms with E-state index < -0.39 is 21.1 Å². The molecule has 0 radical (unpaired) electrons. The van der Waals surface area contributed by atoms with Crippen LogP contribution in [0.15, 0.2) is 53.4 Å². The van der Waals surface area contributed by atoms with Crippen LogP contribution in [-0.4, -0.2) is 50.1 Å². The Kier molecular flexibility index (Phi) is 6.91. The number of anilines is 1. The van der Waals surface area contributed by atoms with Crippen molar-refractivity contribution in [3.63, 3.8) is 0 Å². The maximum atomic E-state index is 13.0. The summed E-state index contributed by atoms with van der Waals surface area (Å²) in [6.45, 7) is 2.11. The standard InChI is InChI=1S/C24H29N3O4S/c28-23(18-9-8-10-19(17-18)32(30,31)22-13-4-5-14-25-22)26-21-12-3-2-11-20(21)24(29)27-15-6-1-7-16-27/h2-3,8-12,17,22,25H,1,4-7,13-16H2,(H,26,28). The second-order valence-corrected chi connectivity index (χ2v) is 10.5. The Morgan fingerprint density at radius 2 is 1.72 bits per heavy atom. The number of amides is 2. The van der Waals surface area contributed by atoms with Gasteiger partial charge in [-0.3, -0.25) is 9.59 Å². The van der Waals surface area contributed by atoms with Crippen molar-refractivity contribution in [1.29, 1.82) is 0 Å². The molecule has 2 aliphatic heterocycles. The Morgan fingerprint density at radius 1 is 0.938 bits per heavy atom. The number of nitrogens with one attached hydrogen (secondary N) is 2. The van der Waals surface area contributed by atoms with E-state index >= 15 is 0 Å². The van der Waals surface area contributed by atoms with Crippen LogP contribution in [0.2, 0.25) is 0 Å². The Bertz CT molecular complexity index is 1090. The fourth-order valence-corrected chi connectivity index (χ4v) is 6.01. The minimum Gasteiger partial charge on any atom is -0.339 e. The number of sulfone groups is 1. The van der Waals surface area contributed by atoms with Crippen molar-refractivity contribution >= 4 is 27.3 Å². The van der Waals surface area contributed by atoms with Gasteiger partial charge in [-0.2, -0.15) is 0 Å². The number of hydrogen-bond acceptors (Lipinski definition) is 5. The van der Waals surface area contributed by atoms with Crippen LogP contribution in [0.4, 0.5) is 5.69 Å². The van der Waals surface area contributed by atoms with Gasteiger partial charge in [-0.25, -0.2) is 8.42 Å². The van der Waals surface area contributed by atoms with Crippen molar-refractivity contribution in [3.8, 4) is 0 Å². The molecule has 2 heterocycles. The normalized spacial score (nSPS) is 19.4. The lowest BCUT2D eigenvalue weighted by atomic mass is 10.1. The molecule has 8 heteroatoms. The first kappa shape index (κ1) is 22.5. The third kappa shape index (κ3) is 4.86. The zero-order valence-electron chi connectivity index (χ0n) is 18.0. The summed E-state index contributed by atoms with van der Waals surface area (Å²) in [6.07, 6.45) is 5.47. The largest absolute Gasteiger partial charge is 0.339 e. The van der Waals surface area contributed by atoms with Crippen molar-refractivity contribution in [2.45, 2.75) is 48.8 Å². The highest BCUT2D eigenvalue weighted by Gasteiger charge is 2.29. The maximum Gasteiger partial charge on any atom is 0.255 e. The van der Waals surface area contributed by atoms with Crippen LogP contribution in [0.1, 0.15) is 59.2 Å². The molecule has 0 bridgehead atoms. The van der Waals surface area contributed by atoms with Crippen LogP contribution in [0.3, 0.4) is 0 Å². The smallest absolute Gasteiger partial charge is 0.255 e. The first-order valence-electron chi connectivity index (χ1n) is 11.2. The van der Waals surface area contributed by atoms with Crippen LogP contribution < -0.4 is 10.6 Å². The van der Waals surface area contributed by atoms with E-state index in [0.717, 1.165) is 45.2 Å². The molecule has 2 aliphatic rings. The summed E-state index contributed by atoms with van der Waals surface area (Å²) in [5.74, 6) is -0.544. The van der Waals surface area contributed by atoms with E-state index in [0.29, 0.717) is 24.2 Å². The molecule has 0 spiro atoms. The van der Waals surface area contributed by atoms with Gasteiger partial charge in [-0.05, 0) is 75.4 Å². The van der Waals surface area contributed by atoms with E-state index in [1.54, 1.807) is 36.4 Å². The lowest BCUT2D eigenvalue weighted by Crippen LogP contribution is -2.40. The van der Waals surface area contributed by atoms with E-state index in [2.05, 4.69) is 10.6 Å². The zero-order chi connectivity index (χ0) is 22.6. The topological polar surface area (TPSA) is 95.6 Å². The molecular weight excluding hydrogens is 426 g/mol. The molecule has 2 fully saturated rings. The maximum absolute atomic E-state index is 13.0. The summed E-state index contributed by atoms with van der Waals surface area (Å²) in [7, 11) is -3.58. The number of nitrogens with zero attached hydrogens (tertiary/aromatic N) is 1. The lowest BCUT2D eigenvalue weighted by molar-refractivity contribution is 0.0725. The summed E-state index contributed by atoms with van der Waals surface area (Å²) < 4.78 is 26.0. The van der Waals surface area contributed by atoms with Crippen LogP contribution in [-0.2, 0) is 9.84 Å². The summed E-state index contributed by atoms with van der Waals surface area (Å²) in [6, 6.07) is 13.0. The highest BCUT2D eigenvalue weighted by Crippen LogP contribution is 2.24. The van der Waals surface area contributed by atoms with E-state index in [4.69, 9.17) is 0 Å². The van der Waals surface area contributed by atoms with Gasteiger partial charge >= 0.3 is 0 Å². The predicted molar refractivity (Wildman–Crippen MR) is 123 cm³/mol. The Labute approximate surface area is 189 Å². The second-order valence-electron chi connectivity index (χ2n) is 8.36. The first-order chi connectivity index (χ1) is 15.5. The molecule has 0 aromatic heterocycles. The molecule has 7 nitrogen and oxygen atoms in total. The van der Waals surface area contributed by atoms with E-state index in [1.165, 1.54) is 12.1 Å². The minimum absolute atomic E-state index is 0.0969. The van der Waals surface area contributed by atoms with Crippen molar-refractivity contribution in [3.05, 3.63) is 59.7 Å². The number of para-hydroxylation sites is 1. The lowest BCUT2D eigenvalue weighted by Gasteiger charge is -2.27. The van der Waals surface area contributed by atoms with E-state index in [9.17, 15) is 18.0 Å². The van der Waals surface area contributed by atoms with Crippen LogP contribution >= 0.6 is 0 Å². The number of carbonyl (C=O) groups is 2. The third-order valence-corrected chi connectivity index (χ3v) is 8.18. The number of piperidine rings is 2. The molecule has 2 aromatic carbocycles. The summed E-state index contributed by atoms with van der Waals surface area (Å²) >= 11 is 0. The Morgan fingerprint density at radius 3 is 2.47 bits per heavy atom. The number of benzene rings is 2. The van der Waals surface area contributed by atoms with E-state index in [1.807, 2.05) is 4.90 Å². The molecule has 2 amide bonds. The van der Waals surface area contributed by atoms with Gasteiger partial charge in [0.15, 0.2) is 9.84 Å². The van der Waals surface area contributed by atoms with Crippen molar-refractivity contribution < 1.29 is 18.0 Å². The number of hydrogen-bond donors (Lipinski definition) is 2. The van der Waals surface area contributed by atoms with E-state index in [-0.39, 0.29) is 16.4 Å². The monoisotopic (exact) mass is 455 g/mol. The Hall–Kier alpha value is -2.71. The summed E-state index contributed by atoms with van der Waals surface area (Å²) in [5.41, 5.74) is 1.11. The number of carbonyl (C=O) groups excluding carboxylic acids is 2. The molecule has 2 saturated heterocycles. The molecule has 170 valence electrons. The predicted octanol–water partition coefficient (Wildman–Crippen LogP) is 3.44. The first-order valence-corrected chi connectivity index (χ1v) is 12.8. The summed E-state index contributed by atoms with van der Waals surface area (Å²) in [4.78, 5) is 27.9. The van der Waals surface area contributed by atoms with Crippen LogP contribution in [0.25, 0.3) is 0 Å². The average Bonchev–Trinajstić information content (AvgIpc) is 2.85. The number of rotatable bonds is 5. The van der Waals surface area contributed by atoms with Gasteiger partial charge in [-0.15, -0.1) is 0 Å². The molecule has 2 N–H and O–H groups in total. The molecule has 1 unspecified atom stereocenters. The molecule has 32 heavy (non-hydrogen) atoms. The van der Waals surface area contributed by atoms with Gasteiger partial charge in [0.05, 0.1) is 16.1 Å². The molecule has 0 aliphatic carbocycles. The molecule has 1 atom stereocenters. The minimum atomic E-state index is -3.58. The fraction of sp³-hybridized carbons (Fsp3) is 0.417. The van der Waals surface area contributed by atoms with Gasteiger partial charge in [0.1, 0.15) is 5.37 Å². The van der Waals surface area contributed by atoms with Crippen LogP contribution in [0.5, 0.6) is 0 Å². The van der Waals surface area contributed by atoms with Crippen LogP contribution in [0, 0.1) is 0 Å². The van der Waals surface area contributed by atoms with Gasteiger partial charge < -0.3 is 15.5 Å². The highest BCUT2D eigenvalue weighted by molar-refractivity contribution is 7.92. The molecular formula is C24H29N3O4S. The SMILES string of the molecule is O=C(Nc1ccccc1C(=O)N1CCCCC1)c1cccc(S(=O)(=O)C2CCCCN2)c1. The van der Waals surface area contributed by atoms with Gasteiger partial charge in [0.25, 0.3) is 11.8 Å². The number of likely N-dealkylation sites (tertiary alicyclic amines) is 1. The Balaban J connectivity index is 1.54. The highest BCUT2D eigenvalue weighted by atomic mass is 32.2. The molecule has 4 rings (SSSR count). The van der Waals surface area contributed by atoms with Gasteiger partial charge in [0, 0.05) is 18.7 Å². The summed E-state index contributed by atoms with van der Waals surface area (Å²) in [5, 5.41) is 5.25. The van der Waals surface area contributed by atoms with Crippen molar-refractivity contribution in [2.75, 3.05) is 25.0 Å². The average molecular weight is 456 g/mol. The zero-order valence-corrected chi connectivity index (χ0v) is 18.9. The van der Waals surface area contributed by atoms with Gasteiger partial charge in [0.2, 0.25) is 0 Å². The fourth-order valence-electron chi connectivity index (χ4n) is 4.30. The molecule has 0 saturated carbocycles. The molecule has 2 aromatic rings. The van der Waals surface area contributed by atoms with Crippen molar-refractivity contribution in [2.24, 2.45) is 0 Å². The quantitative estimate of drug-likeness (QED) is 0.720. The second kappa shape index (κ2) is 9.83. The van der Waals surface area contributed by atoms with Gasteiger partial charge in [-0.1, -0.05) is 18.2 Å². The third-order valence-electron chi connectivity index (χ3n) is 6.11. The van der Waals surface area contributed by atoms with Crippen molar-refractivity contribution in [1.82, 2.24) is 10.2 Å².